The number of nitrogens with zero attached hydrogens (tertiary/aromatic N) is 1. The molecule has 0 spiro atoms. The molecule has 3 rings (SSSR count). The van der Waals surface area contributed by atoms with Crippen LogP contribution >= 0.6 is 36.4 Å². The van der Waals surface area contributed by atoms with Crippen LogP contribution in [0.2, 0.25) is 5.02 Å². The lowest BCUT2D eigenvalue weighted by molar-refractivity contribution is 0.0374. The second-order valence-corrected chi connectivity index (χ2v) is 7.32. The molecule has 0 aromatic heterocycles. The van der Waals surface area contributed by atoms with Crippen LogP contribution in [-0.2, 0) is 17.9 Å². The molecule has 0 aliphatic carbocycles. The molecule has 5 nitrogen and oxygen atoms in total. The first-order valence-electron chi connectivity index (χ1n) is 9.79. The molecule has 8 heteroatoms. The van der Waals surface area contributed by atoms with Crippen molar-refractivity contribution in [3.8, 4) is 11.5 Å². The molecule has 0 bridgehead atoms. The molecule has 0 amide bonds. The Labute approximate surface area is 196 Å². The van der Waals surface area contributed by atoms with Gasteiger partial charge >= 0.3 is 0 Å². The zero-order valence-corrected chi connectivity index (χ0v) is 19.7. The third-order valence-electron chi connectivity index (χ3n) is 4.80. The lowest BCUT2D eigenvalue weighted by Gasteiger charge is -2.26. The van der Waals surface area contributed by atoms with E-state index in [0.717, 1.165) is 74.4 Å². The summed E-state index contributed by atoms with van der Waals surface area (Å²) in [4.78, 5) is 2.46. The van der Waals surface area contributed by atoms with Crippen molar-refractivity contribution < 1.29 is 14.2 Å². The minimum absolute atomic E-state index is 0. The number of methoxy groups -OCH3 is 1. The van der Waals surface area contributed by atoms with Gasteiger partial charge in [0.25, 0.3) is 0 Å². The Kier molecular flexibility index (Phi) is 13.2. The van der Waals surface area contributed by atoms with Gasteiger partial charge in [0.1, 0.15) is 6.61 Å². The van der Waals surface area contributed by atoms with Gasteiger partial charge in [0.05, 0.1) is 20.3 Å². The van der Waals surface area contributed by atoms with Crippen LogP contribution in [0.25, 0.3) is 0 Å². The number of rotatable bonds is 10. The number of halogens is 3. The summed E-state index contributed by atoms with van der Waals surface area (Å²) in [5.41, 5.74) is 2.25. The Bertz CT molecular complexity index is 726. The SMILES string of the molecule is COc1cc(CNCCCN2CCOCC2)ccc1OCc1ccc(Cl)cc1.Cl.Cl. The quantitative estimate of drug-likeness (QED) is 0.507. The maximum atomic E-state index is 5.92. The van der Waals surface area contributed by atoms with Gasteiger partial charge in [-0.25, -0.2) is 0 Å². The molecule has 168 valence electrons. The Hall–Kier alpha value is -1.21. The van der Waals surface area contributed by atoms with Crippen LogP contribution in [0, 0.1) is 0 Å². The number of nitrogens with one attached hydrogen (secondary N) is 1. The zero-order valence-electron chi connectivity index (χ0n) is 17.3. The van der Waals surface area contributed by atoms with Crippen molar-refractivity contribution in [3.63, 3.8) is 0 Å². The first-order chi connectivity index (χ1) is 13.7. The van der Waals surface area contributed by atoms with Gasteiger partial charge < -0.3 is 19.5 Å². The fourth-order valence-corrected chi connectivity index (χ4v) is 3.29. The van der Waals surface area contributed by atoms with Gasteiger partial charge in [0.15, 0.2) is 11.5 Å². The summed E-state index contributed by atoms with van der Waals surface area (Å²) in [5, 5.41) is 4.23. The van der Waals surface area contributed by atoms with Crippen LogP contribution in [0.15, 0.2) is 42.5 Å². The number of morpholine rings is 1. The molecule has 2 aromatic carbocycles. The molecule has 30 heavy (non-hydrogen) atoms. The minimum Gasteiger partial charge on any atom is -0.493 e. The Morgan fingerprint density at radius 1 is 1.00 bits per heavy atom. The fraction of sp³-hybridized carbons (Fsp3) is 0.455. The number of benzene rings is 2. The molecule has 0 saturated carbocycles. The van der Waals surface area contributed by atoms with Crippen LogP contribution in [0.3, 0.4) is 0 Å². The predicted octanol–water partition coefficient (Wildman–Crippen LogP) is 4.58. The second kappa shape index (κ2) is 14.7. The highest BCUT2D eigenvalue weighted by atomic mass is 35.5. The summed E-state index contributed by atoms with van der Waals surface area (Å²) in [6.07, 6.45) is 1.14. The maximum absolute atomic E-state index is 5.92. The van der Waals surface area contributed by atoms with E-state index in [1.54, 1.807) is 7.11 Å². The summed E-state index contributed by atoms with van der Waals surface area (Å²) < 4.78 is 16.8. The molecule has 1 aliphatic rings. The topological polar surface area (TPSA) is 43.0 Å². The van der Waals surface area contributed by atoms with Crippen LogP contribution in [-0.4, -0.2) is 51.4 Å². The Morgan fingerprint density at radius 3 is 2.40 bits per heavy atom. The normalized spacial score (nSPS) is 13.8. The van der Waals surface area contributed by atoms with E-state index in [0.29, 0.717) is 6.61 Å². The average molecular weight is 478 g/mol. The van der Waals surface area contributed by atoms with Gasteiger partial charge in [-0.05, 0) is 54.9 Å². The molecule has 1 saturated heterocycles. The minimum atomic E-state index is 0. The maximum Gasteiger partial charge on any atom is 0.161 e. The largest absolute Gasteiger partial charge is 0.493 e. The van der Waals surface area contributed by atoms with E-state index >= 15 is 0 Å². The standard InChI is InChI=1S/C22H29ClN2O3.2ClH/c1-26-22-15-19(16-24-9-2-10-25-11-13-27-14-12-25)5-8-21(22)28-17-18-3-6-20(23)7-4-18;;/h3-8,15,24H,2,9-14,16-17H2,1H3;2*1H. The van der Waals surface area contributed by atoms with E-state index in [1.165, 1.54) is 5.56 Å². The van der Waals surface area contributed by atoms with Crippen LogP contribution in [0.1, 0.15) is 17.5 Å². The molecule has 0 atom stereocenters. The molecule has 1 heterocycles. The van der Waals surface area contributed by atoms with E-state index in [-0.39, 0.29) is 24.8 Å². The van der Waals surface area contributed by atoms with E-state index in [9.17, 15) is 0 Å². The van der Waals surface area contributed by atoms with Crippen molar-refractivity contribution in [1.29, 1.82) is 0 Å². The monoisotopic (exact) mass is 476 g/mol. The van der Waals surface area contributed by atoms with Crippen molar-refractivity contribution in [2.24, 2.45) is 0 Å². The predicted molar refractivity (Wildman–Crippen MR) is 127 cm³/mol. The Morgan fingerprint density at radius 2 is 1.70 bits per heavy atom. The van der Waals surface area contributed by atoms with Crippen molar-refractivity contribution in [2.75, 3.05) is 46.5 Å². The third kappa shape index (κ3) is 8.88. The molecule has 1 N–H and O–H groups in total. The molecule has 2 aromatic rings. The third-order valence-corrected chi connectivity index (χ3v) is 5.05. The summed E-state index contributed by atoms with van der Waals surface area (Å²) in [6, 6.07) is 13.7. The number of hydrogen-bond donors (Lipinski definition) is 1. The summed E-state index contributed by atoms with van der Waals surface area (Å²) in [5.74, 6) is 1.50. The van der Waals surface area contributed by atoms with E-state index in [4.69, 9.17) is 25.8 Å². The summed E-state index contributed by atoms with van der Waals surface area (Å²) in [6.45, 7) is 7.23. The molecule has 0 unspecified atom stereocenters. The smallest absolute Gasteiger partial charge is 0.161 e. The van der Waals surface area contributed by atoms with Gasteiger partial charge in [0, 0.05) is 24.7 Å². The Balaban J connectivity index is 0.00000225. The van der Waals surface area contributed by atoms with Crippen molar-refractivity contribution in [2.45, 2.75) is 19.6 Å². The summed E-state index contributed by atoms with van der Waals surface area (Å²) in [7, 11) is 1.67. The van der Waals surface area contributed by atoms with E-state index in [1.807, 2.05) is 36.4 Å². The molecule has 0 radical (unpaired) electrons. The fourth-order valence-electron chi connectivity index (χ4n) is 3.17. The van der Waals surface area contributed by atoms with Crippen LogP contribution in [0.5, 0.6) is 11.5 Å². The first kappa shape index (κ1) is 26.8. The highest BCUT2D eigenvalue weighted by Crippen LogP contribution is 2.29. The molecule has 1 fully saturated rings. The van der Waals surface area contributed by atoms with Gasteiger partial charge in [-0.2, -0.15) is 0 Å². The van der Waals surface area contributed by atoms with Crippen LogP contribution in [0.4, 0.5) is 0 Å². The van der Waals surface area contributed by atoms with Crippen LogP contribution < -0.4 is 14.8 Å². The van der Waals surface area contributed by atoms with Gasteiger partial charge in [0.2, 0.25) is 0 Å². The van der Waals surface area contributed by atoms with Gasteiger partial charge in [-0.15, -0.1) is 24.8 Å². The van der Waals surface area contributed by atoms with Crippen molar-refractivity contribution in [1.82, 2.24) is 10.2 Å². The highest BCUT2D eigenvalue weighted by molar-refractivity contribution is 6.30. The molecule has 1 aliphatic heterocycles. The second-order valence-electron chi connectivity index (χ2n) is 6.88. The lowest BCUT2D eigenvalue weighted by atomic mass is 10.2. The summed E-state index contributed by atoms with van der Waals surface area (Å²) >= 11 is 5.92. The first-order valence-corrected chi connectivity index (χ1v) is 10.2. The zero-order chi connectivity index (χ0) is 19.6. The molecular formula is C22H31Cl3N2O3. The number of ether oxygens (including phenoxy) is 3. The van der Waals surface area contributed by atoms with E-state index in [2.05, 4.69) is 16.3 Å². The lowest BCUT2D eigenvalue weighted by Crippen LogP contribution is -2.37. The van der Waals surface area contributed by atoms with E-state index < -0.39 is 0 Å². The molecular weight excluding hydrogens is 447 g/mol. The van der Waals surface area contributed by atoms with Crippen molar-refractivity contribution >= 4 is 36.4 Å². The van der Waals surface area contributed by atoms with Gasteiger partial charge in [-0.1, -0.05) is 29.8 Å². The van der Waals surface area contributed by atoms with Gasteiger partial charge in [-0.3, -0.25) is 4.90 Å². The average Bonchev–Trinajstić information content (AvgIpc) is 2.74. The number of hydrogen-bond acceptors (Lipinski definition) is 5. The van der Waals surface area contributed by atoms with Crippen molar-refractivity contribution in [3.05, 3.63) is 58.6 Å². The highest BCUT2D eigenvalue weighted by Gasteiger charge is 2.09.